The van der Waals surface area contributed by atoms with Crippen molar-refractivity contribution in [3.63, 3.8) is 0 Å². The van der Waals surface area contributed by atoms with Gasteiger partial charge >= 0.3 is 0 Å². The van der Waals surface area contributed by atoms with Gasteiger partial charge in [0.1, 0.15) is 20.9 Å². The fourth-order valence-electron chi connectivity index (χ4n) is 5.34. The van der Waals surface area contributed by atoms with E-state index in [1.807, 2.05) is 6.07 Å². The van der Waals surface area contributed by atoms with Gasteiger partial charge in [-0.2, -0.15) is 4.31 Å². The Labute approximate surface area is 229 Å². The lowest BCUT2D eigenvalue weighted by Crippen LogP contribution is -2.49. The van der Waals surface area contributed by atoms with Crippen molar-refractivity contribution >= 4 is 25.8 Å². The first-order valence-corrected chi connectivity index (χ1v) is 16.4. The van der Waals surface area contributed by atoms with Gasteiger partial charge < -0.3 is 10.1 Å². The van der Waals surface area contributed by atoms with Crippen LogP contribution in [0.3, 0.4) is 0 Å². The number of rotatable bonds is 8. The van der Waals surface area contributed by atoms with Gasteiger partial charge in [0, 0.05) is 38.1 Å². The predicted octanol–water partition coefficient (Wildman–Crippen LogP) is 2.70. The van der Waals surface area contributed by atoms with Crippen LogP contribution in [0.2, 0.25) is 0 Å². The van der Waals surface area contributed by atoms with Gasteiger partial charge in [-0.25, -0.2) is 21.2 Å². The summed E-state index contributed by atoms with van der Waals surface area (Å²) in [5.41, 5.74) is 0.153. The summed E-state index contributed by atoms with van der Waals surface area (Å²) in [6, 6.07) is 12.6. The molecule has 2 fully saturated rings. The third-order valence-electron chi connectivity index (χ3n) is 7.57. The standard InChI is InChI=1S/C28H33FN2O6S2/c1-3-24-11-12-26(21-7-5-4-6-8-21)39(35,36)31(24)20-22-9-10-23(19-25(22)29)28(13-16-37-17-14-28)27(32)30-15-18-38(2,33)34/h1,4-10,19,24,26H,11-18,20H2,2H3,(H,30,32). The van der Waals surface area contributed by atoms with Crippen molar-refractivity contribution in [2.45, 2.75) is 48.9 Å². The average molecular weight is 577 g/mol. The molecule has 2 aliphatic heterocycles. The summed E-state index contributed by atoms with van der Waals surface area (Å²) < 4.78 is 72.5. The number of benzene rings is 2. The third kappa shape index (κ3) is 6.35. The van der Waals surface area contributed by atoms with E-state index in [9.17, 15) is 21.6 Å². The van der Waals surface area contributed by atoms with E-state index in [0.717, 1.165) is 6.26 Å². The lowest BCUT2D eigenvalue weighted by Gasteiger charge is -2.37. The number of halogens is 1. The maximum atomic E-state index is 15.6. The van der Waals surface area contributed by atoms with E-state index in [-0.39, 0.29) is 24.4 Å². The van der Waals surface area contributed by atoms with E-state index in [1.165, 1.54) is 16.4 Å². The van der Waals surface area contributed by atoms with Crippen LogP contribution in [0.1, 0.15) is 47.6 Å². The second kappa shape index (κ2) is 11.8. The molecule has 0 aromatic heterocycles. The van der Waals surface area contributed by atoms with E-state index in [2.05, 4.69) is 11.2 Å². The molecule has 0 radical (unpaired) electrons. The summed E-state index contributed by atoms with van der Waals surface area (Å²) in [6.45, 7) is 0.298. The molecule has 4 rings (SSSR count). The summed E-state index contributed by atoms with van der Waals surface area (Å²) in [7, 11) is -7.14. The Balaban J connectivity index is 1.61. The molecule has 2 aromatic carbocycles. The lowest BCUT2D eigenvalue weighted by atomic mass is 9.73. The highest BCUT2D eigenvalue weighted by atomic mass is 32.2. The summed E-state index contributed by atoms with van der Waals surface area (Å²) >= 11 is 0. The van der Waals surface area contributed by atoms with Crippen molar-refractivity contribution in [3.8, 4) is 12.3 Å². The monoisotopic (exact) mass is 576 g/mol. The minimum Gasteiger partial charge on any atom is -0.381 e. The molecule has 1 amide bonds. The topological polar surface area (TPSA) is 110 Å². The minimum atomic E-state index is -3.88. The van der Waals surface area contributed by atoms with Crippen LogP contribution in [0.15, 0.2) is 48.5 Å². The molecule has 2 saturated heterocycles. The number of ether oxygens (including phenoxy) is 1. The quantitative estimate of drug-likeness (QED) is 0.484. The smallest absolute Gasteiger partial charge is 0.230 e. The minimum absolute atomic E-state index is 0.0519. The second-order valence-electron chi connectivity index (χ2n) is 10.1. The van der Waals surface area contributed by atoms with Crippen LogP contribution in [0.25, 0.3) is 0 Å². The van der Waals surface area contributed by atoms with E-state index >= 15 is 4.39 Å². The normalized spacial score (nSPS) is 23.0. The highest BCUT2D eigenvalue weighted by molar-refractivity contribution is 7.90. The Morgan fingerprint density at radius 3 is 2.49 bits per heavy atom. The van der Waals surface area contributed by atoms with Gasteiger partial charge in [-0.05, 0) is 42.9 Å². The molecule has 210 valence electrons. The maximum absolute atomic E-state index is 15.6. The summed E-state index contributed by atoms with van der Waals surface area (Å²) in [5, 5.41) is 1.92. The number of sulfonamides is 1. The van der Waals surface area contributed by atoms with Gasteiger partial charge in [0.15, 0.2) is 0 Å². The SMILES string of the molecule is C#CC1CCC(c2ccccc2)S(=O)(=O)N1Cc1ccc(C2(C(=O)NCCS(C)(=O)=O)CCOCC2)cc1F. The van der Waals surface area contributed by atoms with E-state index in [0.29, 0.717) is 50.0 Å². The number of nitrogens with zero attached hydrogens (tertiary/aromatic N) is 1. The zero-order chi connectivity index (χ0) is 28.3. The van der Waals surface area contributed by atoms with Crippen LogP contribution < -0.4 is 5.32 Å². The summed E-state index contributed by atoms with van der Waals surface area (Å²) in [5.74, 6) is 1.31. The number of carbonyl (C=O) groups excluding carboxylic acids is 1. The van der Waals surface area contributed by atoms with Crippen LogP contribution in [0.5, 0.6) is 0 Å². The van der Waals surface area contributed by atoms with Crippen LogP contribution in [0, 0.1) is 18.2 Å². The van der Waals surface area contributed by atoms with Crippen molar-refractivity contribution in [3.05, 3.63) is 71.0 Å². The van der Waals surface area contributed by atoms with Crippen LogP contribution in [-0.2, 0) is 41.4 Å². The molecule has 0 spiro atoms. The fraction of sp³-hybridized carbons (Fsp3) is 0.464. The number of terminal acetylenes is 1. The molecule has 2 aliphatic rings. The van der Waals surface area contributed by atoms with Crippen LogP contribution in [-0.4, -0.2) is 64.9 Å². The van der Waals surface area contributed by atoms with Gasteiger partial charge in [0.25, 0.3) is 0 Å². The number of carbonyl (C=O) groups is 1. The Morgan fingerprint density at radius 2 is 1.87 bits per heavy atom. The highest BCUT2D eigenvalue weighted by Gasteiger charge is 2.44. The molecule has 2 atom stereocenters. The van der Waals surface area contributed by atoms with E-state index < -0.39 is 48.3 Å². The number of amides is 1. The largest absolute Gasteiger partial charge is 0.381 e. The van der Waals surface area contributed by atoms with Gasteiger partial charge in [0.05, 0.1) is 17.2 Å². The number of nitrogens with one attached hydrogen (secondary N) is 1. The number of sulfone groups is 1. The Morgan fingerprint density at radius 1 is 1.18 bits per heavy atom. The number of hydrogen-bond acceptors (Lipinski definition) is 6. The molecule has 2 unspecified atom stereocenters. The summed E-state index contributed by atoms with van der Waals surface area (Å²) in [6.07, 6.45) is 8.20. The molecular formula is C28H33FN2O6S2. The van der Waals surface area contributed by atoms with Crippen molar-refractivity contribution in [1.29, 1.82) is 0 Å². The highest BCUT2D eigenvalue weighted by Crippen LogP contribution is 2.39. The Bertz CT molecular complexity index is 1450. The van der Waals surface area contributed by atoms with Crippen LogP contribution in [0.4, 0.5) is 4.39 Å². The first kappa shape index (κ1) is 29.2. The van der Waals surface area contributed by atoms with Crippen molar-refractivity contribution in [2.24, 2.45) is 0 Å². The molecule has 0 aliphatic carbocycles. The molecule has 0 bridgehead atoms. The number of hydrogen-bond donors (Lipinski definition) is 1. The lowest BCUT2D eigenvalue weighted by molar-refractivity contribution is -0.130. The third-order valence-corrected chi connectivity index (χ3v) is 10.8. The first-order valence-electron chi connectivity index (χ1n) is 12.8. The molecule has 2 heterocycles. The second-order valence-corrected chi connectivity index (χ2v) is 14.5. The van der Waals surface area contributed by atoms with Crippen molar-refractivity contribution < 1.29 is 30.8 Å². The van der Waals surface area contributed by atoms with Gasteiger partial charge in [-0.15, -0.1) is 6.42 Å². The first-order chi connectivity index (χ1) is 18.5. The zero-order valence-electron chi connectivity index (χ0n) is 21.8. The molecular weight excluding hydrogens is 543 g/mol. The molecule has 8 nitrogen and oxygen atoms in total. The average Bonchev–Trinajstić information content (AvgIpc) is 2.90. The maximum Gasteiger partial charge on any atom is 0.230 e. The van der Waals surface area contributed by atoms with Crippen molar-refractivity contribution in [1.82, 2.24) is 9.62 Å². The van der Waals surface area contributed by atoms with Crippen LogP contribution >= 0.6 is 0 Å². The zero-order valence-corrected chi connectivity index (χ0v) is 23.4. The van der Waals surface area contributed by atoms with E-state index in [4.69, 9.17) is 11.2 Å². The molecule has 11 heteroatoms. The fourth-order valence-corrected chi connectivity index (χ4v) is 7.92. The molecule has 2 aromatic rings. The predicted molar refractivity (Wildman–Crippen MR) is 146 cm³/mol. The molecule has 0 saturated carbocycles. The Hall–Kier alpha value is -2.78. The summed E-state index contributed by atoms with van der Waals surface area (Å²) in [4.78, 5) is 13.3. The van der Waals surface area contributed by atoms with E-state index in [1.54, 1.807) is 30.3 Å². The van der Waals surface area contributed by atoms with Gasteiger partial charge in [-0.3, -0.25) is 4.79 Å². The Kier molecular flexibility index (Phi) is 8.81. The molecule has 1 N–H and O–H groups in total. The molecule has 39 heavy (non-hydrogen) atoms. The van der Waals surface area contributed by atoms with Gasteiger partial charge in [0.2, 0.25) is 15.9 Å². The van der Waals surface area contributed by atoms with Gasteiger partial charge in [-0.1, -0.05) is 48.4 Å². The van der Waals surface area contributed by atoms with Crippen molar-refractivity contribution in [2.75, 3.05) is 31.8 Å².